The van der Waals surface area contributed by atoms with Crippen LogP contribution in [0.3, 0.4) is 0 Å². The van der Waals surface area contributed by atoms with Crippen molar-refractivity contribution in [2.45, 2.75) is 40.2 Å². The average Bonchev–Trinajstić information content (AvgIpc) is 3.38. The van der Waals surface area contributed by atoms with E-state index in [-0.39, 0.29) is 11.4 Å². The maximum Gasteiger partial charge on any atom is 0.290 e. The molecule has 6 heteroatoms. The van der Waals surface area contributed by atoms with Crippen LogP contribution in [-0.2, 0) is 0 Å². The van der Waals surface area contributed by atoms with Crippen molar-refractivity contribution in [2.75, 3.05) is 14.2 Å². The zero-order chi connectivity index (χ0) is 23.2. The fraction of sp³-hybridized carbons (Fsp3) is 0.308. The Labute approximate surface area is 193 Å². The van der Waals surface area contributed by atoms with Crippen LogP contribution in [0.25, 0.3) is 32.9 Å². The number of carbonyl (C=O) groups is 1. The molecule has 166 valence electrons. The third kappa shape index (κ3) is 3.79. The molecule has 0 saturated carbocycles. The fourth-order valence-corrected chi connectivity index (χ4v) is 4.45. The van der Waals surface area contributed by atoms with Gasteiger partial charge in [0.15, 0.2) is 0 Å². The van der Waals surface area contributed by atoms with Crippen LogP contribution in [0.2, 0.25) is 0 Å². The second-order valence-electron chi connectivity index (χ2n) is 9.23. The fourth-order valence-electron chi connectivity index (χ4n) is 3.74. The summed E-state index contributed by atoms with van der Waals surface area (Å²) in [6.45, 7) is 10.2. The van der Waals surface area contributed by atoms with Gasteiger partial charge in [0.2, 0.25) is 5.82 Å². The van der Waals surface area contributed by atoms with Gasteiger partial charge in [-0.1, -0.05) is 17.7 Å². The van der Waals surface area contributed by atoms with E-state index in [1.54, 1.807) is 23.3 Å². The number of fused-ring (bicyclic) bond motifs is 3. The lowest BCUT2D eigenvalue weighted by Gasteiger charge is -2.31. The molecule has 0 unspecified atom stereocenters. The Bertz CT molecular complexity index is 1340. The Hall–Kier alpha value is -3.12. The summed E-state index contributed by atoms with van der Waals surface area (Å²) in [6.07, 6.45) is 4.05. The number of pyridine rings is 1. The van der Waals surface area contributed by atoms with E-state index in [1.165, 1.54) is 5.57 Å². The Balaban J connectivity index is 2.08. The van der Waals surface area contributed by atoms with Gasteiger partial charge in [-0.15, -0.1) is 11.3 Å². The van der Waals surface area contributed by atoms with E-state index < -0.39 is 0 Å². The van der Waals surface area contributed by atoms with Gasteiger partial charge in [-0.3, -0.25) is 9.20 Å². The average molecular weight is 448 g/mol. The molecule has 0 aliphatic rings. The summed E-state index contributed by atoms with van der Waals surface area (Å²) in [4.78, 5) is 21.1. The molecule has 0 spiro atoms. The molecule has 0 saturated heterocycles. The number of hydrogen-bond donors (Lipinski definition) is 0. The number of hydrogen-bond acceptors (Lipinski definition) is 4. The van der Waals surface area contributed by atoms with Crippen molar-refractivity contribution in [1.29, 1.82) is 0 Å². The van der Waals surface area contributed by atoms with E-state index in [2.05, 4.69) is 32.1 Å². The molecule has 3 heterocycles. The third-order valence-electron chi connectivity index (χ3n) is 5.67. The first-order chi connectivity index (χ1) is 15.1. The minimum absolute atomic E-state index is 0.104. The Morgan fingerprint density at radius 1 is 1.22 bits per heavy atom. The van der Waals surface area contributed by atoms with Gasteiger partial charge in [-0.05, 0) is 69.7 Å². The topological polar surface area (TPSA) is 46.8 Å². The summed E-state index contributed by atoms with van der Waals surface area (Å²) >= 11 is 1.62. The molecule has 1 amide bonds. The lowest BCUT2D eigenvalue weighted by atomic mass is 10.0. The number of amides is 1. The van der Waals surface area contributed by atoms with Crippen LogP contribution in [0.1, 0.15) is 50.8 Å². The second-order valence-corrected chi connectivity index (χ2v) is 10.2. The third-order valence-corrected chi connectivity index (χ3v) is 6.55. The molecule has 0 fully saturated rings. The Morgan fingerprint density at radius 2 is 1.97 bits per heavy atom. The van der Waals surface area contributed by atoms with E-state index in [1.807, 2.05) is 62.0 Å². The number of thiophene rings is 1. The number of nitrogens with zero attached hydrogens (tertiary/aromatic N) is 3. The molecule has 0 aliphatic heterocycles. The van der Waals surface area contributed by atoms with E-state index in [9.17, 15) is 4.79 Å². The van der Waals surface area contributed by atoms with Crippen LogP contribution in [0.4, 0.5) is 0 Å². The van der Waals surface area contributed by atoms with Crippen molar-refractivity contribution in [3.63, 3.8) is 0 Å². The summed E-state index contributed by atoms with van der Waals surface area (Å²) < 4.78 is 7.59. The minimum Gasteiger partial charge on any atom is -0.496 e. The van der Waals surface area contributed by atoms with E-state index >= 15 is 0 Å². The predicted molar refractivity (Wildman–Crippen MR) is 134 cm³/mol. The highest BCUT2D eigenvalue weighted by Gasteiger charge is 2.28. The Kier molecular flexibility index (Phi) is 5.59. The number of methoxy groups -OCH3 is 1. The summed E-state index contributed by atoms with van der Waals surface area (Å²) in [5, 5.41) is 4.11. The van der Waals surface area contributed by atoms with Gasteiger partial charge in [0.25, 0.3) is 5.91 Å². The van der Waals surface area contributed by atoms with Gasteiger partial charge >= 0.3 is 0 Å². The van der Waals surface area contributed by atoms with Gasteiger partial charge in [0.1, 0.15) is 11.4 Å². The molecule has 4 aromatic rings. The molecular formula is C26H29N3O2S. The van der Waals surface area contributed by atoms with E-state index in [4.69, 9.17) is 9.72 Å². The molecule has 0 aliphatic carbocycles. The minimum atomic E-state index is -0.313. The number of carbonyl (C=O) groups excluding carboxylic acids is 1. The summed E-state index contributed by atoms with van der Waals surface area (Å²) in [5.74, 6) is 1.14. The van der Waals surface area contributed by atoms with Crippen LogP contribution in [-0.4, -0.2) is 39.9 Å². The van der Waals surface area contributed by atoms with Crippen LogP contribution in [0, 0.1) is 0 Å². The van der Waals surface area contributed by atoms with Crippen LogP contribution < -0.4 is 4.74 Å². The van der Waals surface area contributed by atoms with Crippen molar-refractivity contribution >= 4 is 39.6 Å². The molecule has 32 heavy (non-hydrogen) atoms. The highest BCUT2D eigenvalue weighted by Crippen LogP contribution is 2.37. The first-order valence-electron chi connectivity index (χ1n) is 10.6. The second kappa shape index (κ2) is 8.10. The lowest BCUT2D eigenvalue weighted by molar-refractivity contribution is 0.0642. The zero-order valence-corrected chi connectivity index (χ0v) is 20.5. The Morgan fingerprint density at radius 3 is 2.56 bits per heavy atom. The quantitative estimate of drug-likeness (QED) is 0.358. The molecular weight excluding hydrogens is 418 g/mol. The number of imidazole rings is 1. The molecule has 0 radical (unpaired) electrons. The van der Waals surface area contributed by atoms with Crippen molar-refractivity contribution in [3.05, 3.63) is 58.9 Å². The number of benzene rings is 1. The van der Waals surface area contributed by atoms with Gasteiger partial charge in [-0.25, -0.2) is 4.98 Å². The normalized spacial score (nSPS) is 11.7. The lowest BCUT2D eigenvalue weighted by Crippen LogP contribution is -2.43. The standard InChI is InChI=1S/C26H29N3O2S/c1-16(2)13-18-14-19-17(15-20(18)31-7)10-11-29-23(19)22(21-9-8-12-32-21)27-24(29)25(30)28(6)26(3,4)5/h8-15H,1-7H3. The van der Waals surface area contributed by atoms with Gasteiger partial charge < -0.3 is 9.64 Å². The van der Waals surface area contributed by atoms with Crippen LogP contribution in [0.15, 0.2) is 47.5 Å². The van der Waals surface area contributed by atoms with Gasteiger partial charge in [-0.2, -0.15) is 0 Å². The van der Waals surface area contributed by atoms with Gasteiger partial charge in [0.05, 0.1) is 17.5 Å². The molecule has 3 aromatic heterocycles. The summed E-state index contributed by atoms with van der Waals surface area (Å²) in [7, 11) is 3.52. The first-order valence-corrected chi connectivity index (χ1v) is 11.5. The summed E-state index contributed by atoms with van der Waals surface area (Å²) in [6, 6.07) is 10.3. The SMILES string of the molecule is COc1cc2ccn3c(C(=O)N(C)C(C)(C)C)nc(-c4cccs4)c3c2cc1C=C(C)C. The largest absolute Gasteiger partial charge is 0.496 e. The number of rotatable bonds is 4. The molecule has 4 rings (SSSR count). The van der Waals surface area contributed by atoms with Crippen molar-refractivity contribution in [3.8, 4) is 16.3 Å². The molecule has 0 bridgehead atoms. The first kappa shape index (κ1) is 22.1. The zero-order valence-electron chi connectivity index (χ0n) is 19.7. The molecule has 0 atom stereocenters. The molecule has 1 aromatic carbocycles. The van der Waals surface area contributed by atoms with Crippen molar-refractivity contribution < 1.29 is 9.53 Å². The number of allylic oxidation sites excluding steroid dienone is 1. The van der Waals surface area contributed by atoms with Crippen molar-refractivity contribution in [1.82, 2.24) is 14.3 Å². The smallest absolute Gasteiger partial charge is 0.290 e. The maximum absolute atomic E-state index is 13.5. The molecule has 0 N–H and O–H groups in total. The maximum atomic E-state index is 13.5. The number of ether oxygens (including phenoxy) is 1. The van der Waals surface area contributed by atoms with Gasteiger partial charge in [0, 0.05) is 29.7 Å². The van der Waals surface area contributed by atoms with Crippen LogP contribution in [0.5, 0.6) is 5.75 Å². The highest BCUT2D eigenvalue weighted by molar-refractivity contribution is 7.13. The van der Waals surface area contributed by atoms with Crippen LogP contribution >= 0.6 is 11.3 Å². The monoisotopic (exact) mass is 447 g/mol. The summed E-state index contributed by atoms with van der Waals surface area (Å²) in [5.41, 5.74) is 3.63. The highest BCUT2D eigenvalue weighted by atomic mass is 32.1. The van der Waals surface area contributed by atoms with E-state index in [0.29, 0.717) is 5.82 Å². The van der Waals surface area contributed by atoms with E-state index in [0.717, 1.165) is 38.2 Å². The van der Waals surface area contributed by atoms with Crippen molar-refractivity contribution in [2.24, 2.45) is 0 Å². The number of aromatic nitrogens is 2. The predicted octanol–water partition coefficient (Wildman–Crippen LogP) is 6.52. The molecule has 5 nitrogen and oxygen atoms in total.